The summed E-state index contributed by atoms with van der Waals surface area (Å²) in [6, 6.07) is 0.903. The van der Waals surface area contributed by atoms with E-state index < -0.39 is 29.0 Å². The number of halogens is 3. The Morgan fingerprint density at radius 3 is 2.62 bits per heavy atom. The first-order valence-electron chi connectivity index (χ1n) is 6.22. The number of H-pyrrole nitrogens is 1. The Labute approximate surface area is 118 Å². The average Bonchev–Trinajstić information content (AvgIpc) is 2.78. The van der Waals surface area contributed by atoms with Gasteiger partial charge in [0.25, 0.3) is 5.91 Å². The number of nitrogens with zero attached hydrogens (tertiary/aromatic N) is 1. The number of nitrogens with two attached hydrogens (primary N) is 1. The van der Waals surface area contributed by atoms with Crippen LogP contribution in [0, 0.1) is 17.5 Å². The summed E-state index contributed by atoms with van der Waals surface area (Å²) in [5.41, 5.74) is 5.88. The molecule has 0 spiro atoms. The number of rotatable bonds is 4. The second-order valence-corrected chi connectivity index (χ2v) is 4.41. The molecule has 1 aromatic carbocycles. The summed E-state index contributed by atoms with van der Waals surface area (Å²) in [6.45, 7) is 1.93. The summed E-state index contributed by atoms with van der Waals surface area (Å²) in [5, 5.41) is 8.47. The highest BCUT2D eigenvalue weighted by molar-refractivity contribution is 6.06. The molecule has 1 amide bonds. The number of aromatic nitrogens is 2. The molecule has 0 aliphatic rings. The summed E-state index contributed by atoms with van der Waals surface area (Å²) in [4.78, 5) is 11.9. The normalized spacial score (nSPS) is 10.7. The van der Waals surface area contributed by atoms with E-state index in [1.807, 2.05) is 6.92 Å². The predicted molar refractivity (Wildman–Crippen MR) is 71.3 cm³/mol. The second-order valence-electron chi connectivity index (χ2n) is 4.41. The van der Waals surface area contributed by atoms with Gasteiger partial charge in [-0.05, 0) is 6.42 Å². The van der Waals surface area contributed by atoms with E-state index in [9.17, 15) is 18.0 Å². The number of hydrogen-bond acceptors (Lipinski definition) is 3. The Morgan fingerprint density at radius 1 is 1.29 bits per heavy atom. The number of carbonyl (C=O) groups is 1. The fourth-order valence-electron chi connectivity index (χ4n) is 1.80. The number of aromatic amines is 1. The first kappa shape index (κ1) is 14.9. The first-order chi connectivity index (χ1) is 9.93. The van der Waals surface area contributed by atoms with Crippen molar-refractivity contribution in [1.29, 1.82) is 0 Å². The number of amides is 1. The van der Waals surface area contributed by atoms with Gasteiger partial charge in [-0.1, -0.05) is 13.3 Å². The van der Waals surface area contributed by atoms with Crippen LogP contribution in [0.15, 0.2) is 12.1 Å². The van der Waals surface area contributed by atoms with Crippen molar-refractivity contribution in [2.75, 3.05) is 11.1 Å². The molecule has 0 unspecified atom stereocenters. The molecule has 0 aliphatic carbocycles. The van der Waals surface area contributed by atoms with Crippen molar-refractivity contribution < 1.29 is 18.0 Å². The fourth-order valence-corrected chi connectivity index (χ4v) is 1.80. The van der Waals surface area contributed by atoms with E-state index in [1.54, 1.807) is 0 Å². The van der Waals surface area contributed by atoms with E-state index in [0.29, 0.717) is 24.2 Å². The molecule has 0 fully saturated rings. The van der Waals surface area contributed by atoms with Crippen LogP contribution in [0.2, 0.25) is 0 Å². The summed E-state index contributed by atoms with van der Waals surface area (Å²) < 4.78 is 39.3. The molecule has 5 nitrogen and oxygen atoms in total. The fraction of sp³-hybridized carbons (Fsp3) is 0.231. The Morgan fingerprint density at radius 2 is 1.95 bits per heavy atom. The highest BCUT2D eigenvalue weighted by atomic mass is 19.2. The molecule has 0 atom stereocenters. The largest absolute Gasteiger partial charge is 0.395 e. The molecule has 0 radical (unpaired) electrons. The maximum atomic E-state index is 13.5. The van der Waals surface area contributed by atoms with Crippen LogP contribution >= 0.6 is 0 Å². The molecule has 0 aliphatic heterocycles. The number of anilines is 2. The molecule has 21 heavy (non-hydrogen) atoms. The molecule has 0 bridgehead atoms. The Kier molecular flexibility index (Phi) is 4.15. The zero-order valence-corrected chi connectivity index (χ0v) is 11.1. The second kappa shape index (κ2) is 5.86. The number of nitrogen functional groups attached to an aromatic ring is 1. The van der Waals surface area contributed by atoms with Gasteiger partial charge in [0.1, 0.15) is 5.82 Å². The minimum absolute atomic E-state index is 0.123. The molecule has 1 heterocycles. The highest BCUT2D eigenvalue weighted by Crippen LogP contribution is 2.21. The molecule has 8 heteroatoms. The average molecular weight is 298 g/mol. The number of nitrogens with one attached hydrogen (secondary N) is 2. The smallest absolute Gasteiger partial charge is 0.278 e. The van der Waals surface area contributed by atoms with Gasteiger partial charge in [0.15, 0.2) is 17.3 Å². The standard InChI is InChI=1S/C13H13F3N4O/c1-2-3-9-11(17)12(20-19-9)13(21)18-10-5-7(15)6(14)4-8(10)16/h4-5H,2-3,17H2,1H3,(H,18,21)(H,19,20). The Balaban J connectivity index is 2.24. The van der Waals surface area contributed by atoms with Crippen molar-refractivity contribution in [2.24, 2.45) is 0 Å². The van der Waals surface area contributed by atoms with Crippen molar-refractivity contribution in [2.45, 2.75) is 19.8 Å². The number of benzene rings is 1. The third-order valence-corrected chi connectivity index (χ3v) is 2.86. The molecule has 2 rings (SSSR count). The van der Waals surface area contributed by atoms with Crippen LogP contribution in [0.25, 0.3) is 0 Å². The van der Waals surface area contributed by atoms with E-state index in [-0.39, 0.29) is 11.4 Å². The van der Waals surface area contributed by atoms with E-state index in [1.165, 1.54) is 0 Å². The lowest BCUT2D eigenvalue weighted by Gasteiger charge is -2.06. The van der Waals surface area contributed by atoms with Crippen LogP contribution in [0.4, 0.5) is 24.5 Å². The monoisotopic (exact) mass is 298 g/mol. The van der Waals surface area contributed by atoms with Crippen LogP contribution in [-0.4, -0.2) is 16.1 Å². The first-order valence-corrected chi connectivity index (χ1v) is 6.22. The maximum absolute atomic E-state index is 13.5. The highest BCUT2D eigenvalue weighted by Gasteiger charge is 2.19. The summed E-state index contributed by atoms with van der Waals surface area (Å²) in [6.07, 6.45) is 1.40. The molecule has 2 aromatic rings. The van der Waals surface area contributed by atoms with Crippen molar-refractivity contribution in [3.63, 3.8) is 0 Å². The van der Waals surface area contributed by atoms with Gasteiger partial charge in [-0.15, -0.1) is 0 Å². The van der Waals surface area contributed by atoms with Gasteiger partial charge in [-0.3, -0.25) is 9.89 Å². The van der Waals surface area contributed by atoms with E-state index in [4.69, 9.17) is 5.73 Å². The third kappa shape index (κ3) is 2.99. The lowest BCUT2D eigenvalue weighted by Crippen LogP contribution is -2.15. The SMILES string of the molecule is CCCc1[nH]nc(C(=O)Nc2cc(F)c(F)cc2F)c1N. The van der Waals surface area contributed by atoms with E-state index in [2.05, 4.69) is 15.5 Å². The third-order valence-electron chi connectivity index (χ3n) is 2.86. The minimum atomic E-state index is -1.34. The van der Waals surface area contributed by atoms with Crippen molar-refractivity contribution >= 4 is 17.3 Å². The minimum Gasteiger partial charge on any atom is -0.395 e. The van der Waals surface area contributed by atoms with E-state index >= 15 is 0 Å². The topological polar surface area (TPSA) is 83.8 Å². The van der Waals surface area contributed by atoms with Gasteiger partial charge < -0.3 is 11.1 Å². The van der Waals surface area contributed by atoms with Crippen molar-refractivity contribution in [3.05, 3.63) is 41.0 Å². The maximum Gasteiger partial charge on any atom is 0.278 e. The van der Waals surface area contributed by atoms with Crippen LogP contribution < -0.4 is 11.1 Å². The van der Waals surface area contributed by atoms with Crippen molar-refractivity contribution in [1.82, 2.24) is 10.2 Å². The molecular formula is C13H13F3N4O. The summed E-state index contributed by atoms with van der Waals surface area (Å²) in [7, 11) is 0. The molecular weight excluding hydrogens is 285 g/mol. The Bertz CT molecular complexity index is 684. The predicted octanol–water partition coefficient (Wildman–Crippen LogP) is 2.61. The summed E-state index contributed by atoms with van der Waals surface area (Å²) in [5.74, 6) is -4.51. The van der Waals surface area contributed by atoms with E-state index in [0.717, 1.165) is 6.42 Å². The Hall–Kier alpha value is -2.51. The van der Waals surface area contributed by atoms with Gasteiger partial charge >= 0.3 is 0 Å². The number of hydrogen-bond donors (Lipinski definition) is 3. The van der Waals surface area contributed by atoms with Crippen LogP contribution in [0.1, 0.15) is 29.5 Å². The molecule has 0 saturated heterocycles. The quantitative estimate of drug-likeness (QED) is 0.759. The lowest BCUT2D eigenvalue weighted by molar-refractivity contribution is 0.102. The molecule has 0 saturated carbocycles. The van der Waals surface area contributed by atoms with Gasteiger partial charge in [0.2, 0.25) is 0 Å². The van der Waals surface area contributed by atoms with Gasteiger partial charge in [0, 0.05) is 12.1 Å². The van der Waals surface area contributed by atoms with Gasteiger partial charge in [-0.2, -0.15) is 5.10 Å². The number of aryl methyl sites for hydroxylation is 1. The van der Waals surface area contributed by atoms with Crippen LogP contribution in [-0.2, 0) is 6.42 Å². The van der Waals surface area contributed by atoms with Gasteiger partial charge in [-0.25, -0.2) is 13.2 Å². The lowest BCUT2D eigenvalue weighted by atomic mass is 10.2. The van der Waals surface area contributed by atoms with Crippen LogP contribution in [0.5, 0.6) is 0 Å². The van der Waals surface area contributed by atoms with Gasteiger partial charge in [0.05, 0.1) is 17.1 Å². The number of carbonyl (C=O) groups excluding carboxylic acids is 1. The molecule has 4 N–H and O–H groups in total. The molecule has 1 aromatic heterocycles. The van der Waals surface area contributed by atoms with Crippen LogP contribution in [0.3, 0.4) is 0 Å². The summed E-state index contributed by atoms with van der Waals surface area (Å²) >= 11 is 0. The van der Waals surface area contributed by atoms with Crippen molar-refractivity contribution in [3.8, 4) is 0 Å². The zero-order chi connectivity index (χ0) is 15.6. The molecule has 112 valence electrons. The zero-order valence-electron chi connectivity index (χ0n) is 11.1.